The SMILES string of the molecule is C=CCc1nn(CCCCC)c(Cl)c1-c1nc(C#N)c(C#N)[nH]1. The molecule has 2 aromatic rings. The lowest BCUT2D eigenvalue weighted by atomic mass is 10.2. The highest BCUT2D eigenvalue weighted by Crippen LogP contribution is 2.31. The van der Waals surface area contributed by atoms with Crippen LogP contribution in [0.1, 0.15) is 43.3 Å². The number of nitrogens with zero attached hydrogens (tertiary/aromatic N) is 5. The van der Waals surface area contributed by atoms with Gasteiger partial charge in [-0.05, 0) is 6.42 Å². The van der Waals surface area contributed by atoms with Gasteiger partial charge in [-0.15, -0.1) is 6.58 Å². The number of aromatic nitrogens is 4. The normalized spacial score (nSPS) is 10.3. The molecule has 0 amide bonds. The van der Waals surface area contributed by atoms with Crippen LogP contribution >= 0.6 is 11.6 Å². The van der Waals surface area contributed by atoms with Crippen LogP contribution in [0.15, 0.2) is 12.7 Å². The van der Waals surface area contributed by atoms with Crippen molar-refractivity contribution in [3.8, 4) is 23.5 Å². The Kier molecular flexibility index (Phi) is 5.56. The molecule has 0 atom stereocenters. The number of hydrogen-bond donors (Lipinski definition) is 1. The van der Waals surface area contributed by atoms with Crippen molar-refractivity contribution in [1.82, 2.24) is 19.7 Å². The van der Waals surface area contributed by atoms with E-state index in [0.29, 0.717) is 29.5 Å². The molecule has 0 spiro atoms. The lowest BCUT2D eigenvalue weighted by Crippen LogP contribution is -2.00. The fourth-order valence-corrected chi connectivity index (χ4v) is 2.64. The Morgan fingerprint density at radius 3 is 2.70 bits per heavy atom. The van der Waals surface area contributed by atoms with Crippen molar-refractivity contribution in [1.29, 1.82) is 10.5 Å². The Morgan fingerprint density at radius 2 is 2.13 bits per heavy atom. The first-order valence-corrected chi connectivity index (χ1v) is 7.80. The third kappa shape index (κ3) is 3.44. The van der Waals surface area contributed by atoms with E-state index in [4.69, 9.17) is 22.1 Å². The molecule has 0 fully saturated rings. The van der Waals surface area contributed by atoms with Gasteiger partial charge < -0.3 is 4.98 Å². The van der Waals surface area contributed by atoms with Crippen LogP contribution in [0.3, 0.4) is 0 Å². The monoisotopic (exact) mass is 328 g/mol. The summed E-state index contributed by atoms with van der Waals surface area (Å²) >= 11 is 6.47. The number of nitrogens with one attached hydrogen (secondary N) is 1. The molecule has 0 aliphatic rings. The van der Waals surface area contributed by atoms with E-state index in [1.807, 2.05) is 12.1 Å². The predicted molar refractivity (Wildman–Crippen MR) is 87.7 cm³/mol. The van der Waals surface area contributed by atoms with E-state index in [9.17, 15) is 0 Å². The van der Waals surface area contributed by atoms with Crippen LogP contribution in [0, 0.1) is 22.7 Å². The number of halogens is 1. The molecule has 0 unspecified atom stereocenters. The fourth-order valence-electron chi connectivity index (χ4n) is 2.31. The number of nitriles is 2. The standard InChI is InChI=1S/C16H17ClN6/c1-3-5-6-8-23-15(17)14(11(22-23)7-4-2)16-20-12(9-18)13(10-19)21-16/h4H,2-3,5-8H2,1H3,(H,20,21). The number of allylic oxidation sites excluding steroid dienone is 1. The van der Waals surface area contributed by atoms with Crippen molar-refractivity contribution in [2.75, 3.05) is 0 Å². The van der Waals surface area contributed by atoms with Crippen LogP contribution < -0.4 is 0 Å². The number of H-pyrrole nitrogens is 1. The molecule has 2 rings (SSSR count). The lowest BCUT2D eigenvalue weighted by Gasteiger charge is -2.02. The van der Waals surface area contributed by atoms with E-state index in [1.165, 1.54) is 0 Å². The van der Waals surface area contributed by atoms with E-state index in [-0.39, 0.29) is 11.4 Å². The third-order valence-electron chi connectivity index (χ3n) is 3.43. The number of imidazole rings is 1. The smallest absolute Gasteiger partial charge is 0.177 e. The number of aromatic amines is 1. The Morgan fingerprint density at radius 1 is 1.35 bits per heavy atom. The van der Waals surface area contributed by atoms with Crippen LogP contribution in [0.2, 0.25) is 5.15 Å². The molecule has 0 aliphatic carbocycles. The lowest BCUT2D eigenvalue weighted by molar-refractivity contribution is 0.550. The van der Waals surface area contributed by atoms with Crippen LogP contribution in [0.5, 0.6) is 0 Å². The molecule has 6 nitrogen and oxygen atoms in total. The molecule has 23 heavy (non-hydrogen) atoms. The van der Waals surface area contributed by atoms with E-state index in [2.05, 4.69) is 28.6 Å². The largest absolute Gasteiger partial charge is 0.328 e. The van der Waals surface area contributed by atoms with Gasteiger partial charge >= 0.3 is 0 Å². The first-order valence-electron chi connectivity index (χ1n) is 7.42. The van der Waals surface area contributed by atoms with Crippen LogP contribution in [-0.4, -0.2) is 19.7 Å². The van der Waals surface area contributed by atoms with Gasteiger partial charge in [0.25, 0.3) is 0 Å². The van der Waals surface area contributed by atoms with Crippen molar-refractivity contribution in [2.45, 2.75) is 39.2 Å². The minimum absolute atomic E-state index is 0.0573. The van der Waals surface area contributed by atoms with Crippen molar-refractivity contribution in [3.63, 3.8) is 0 Å². The van der Waals surface area contributed by atoms with Crippen molar-refractivity contribution in [3.05, 3.63) is 34.9 Å². The van der Waals surface area contributed by atoms with Gasteiger partial charge in [0, 0.05) is 13.0 Å². The Hall–Kier alpha value is -2.57. The summed E-state index contributed by atoms with van der Waals surface area (Å²) in [5.41, 5.74) is 1.54. The van der Waals surface area contributed by atoms with Gasteiger partial charge in [-0.25, -0.2) is 4.98 Å². The zero-order valence-electron chi connectivity index (χ0n) is 12.9. The summed E-state index contributed by atoms with van der Waals surface area (Å²) in [5.74, 6) is 0.390. The summed E-state index contributed by atoms with van der Waals surface area (Å²) in [5, 5.41) is 23.1. The van der Waals surface area contributed by atoms with Crippen molar-refractivity contribution >= 4 is 11.6 Å². The van der Waals surface area contributed by atoms with E-state index >= 15 is 0 Å². The van der Waals surface area contributed by atoms with E-state index < -0.39 is 0 Å². The Bertz CT molecular complexity index is 755. The Labute approximate surface area is 140 Å². The first-order chi connectivity index (χ1) is 11.2. The van der Waals surface area contributed by atoms with Gasteiger partial charge in [-0.2, -0.15) is 15.6 Å². The van der Waals surface area contributed by atoms with E-state index in [1.54, 1.807) is 10.8 Å². The molecule has 2 aromatic heterocycles. The minimum Gasteiger partial charge on any atom is -0.328 e. The Balaban J connectivity index is 2.48. The maximum atomic E-state index is 9.06. The topological polar surface area (TPSA) is 94.1 Å². The minimum atomic E-state index is 0.0573. The molecule has 0 saturated carbocycles. The number of hydrogen-bond acceptors (Lipinski definition) is 4. The van der Waals surface area contributed by atoms with Gasteiger partial charge in [0.15, 0.2) is 11.4 Å². The zero-order valence-corrected chi connectivity index (χ0v) is 13.7. The van der Waals surface area contributed by atoms with Gasteiger partial charge in [0.1, 0.15) is 23.1 Å². The van der Waals surface area contributed by atoms with Crippen molar-refractivity contribution < 1.29 is 0 Å². The molecule has 0 bridgehead atoms. The summed E-state index contributed by atoms with van der Waals surface area (Å²) in [4.78, 5) is 7.02. The number of unbranched alkanes of at least 4 members (excludes halogenated alkanes) is 2. The molecule has 7 heteroatoms. The van der Waals surface area contributed by atoms with Crippen LogP contribution in [-0.2, 0) is 13.0 Å². The molecule has 0 radical (unpaired) electrons. The first kappa shape index (κ1) is 16.8. The maximum absolute atomic E-state index is 9.06. The maximum Gasteiger partial charge on any atom is 0.177 e. The highest BCUT2D eigenvalue weighted by Gasteiger charge is 2.21. The molecule has 0 aromatic carbocycles. The summed E-state index contributed by atoms with van der Waals surface area (Å²) < 4.78 is 1.74. The van der Waals surface area contributed by atoms with Gasteiger partial charge in [0.05, 0.1) is 11.3 Å². The molecule has 0 saturated heterocycles. The van der Waals surface area contributed by atoms with Crippen molar-refractivity contribution in [2.24, 2.45) is 0 Å². The van der Waals surface area contributed by atoms with Gasteiger partial charge in [-0.1, -0.05) is 37.4 Å². The quantitative estimate of drug-likeness (QED) is 0.620. The second-order valence-corrected chi connectivity index (χ2v) is 5.43. The summed E-state index contributed by atoms with van der Waals surface area (Å²) in [7, 11) is 0. The highest BCUT2D eigenvalue weighted by atomic mass is 35.5. The van der Waals surface area contributed by atoms with Crippen LogP contribution in [0.4, 0.5) is 0 Å². The molecule has 1 N–H and O–H groups in total. The molecule has 118 valence electrons. The summed E-state index contributed by atoms with van der Waals surface area (Å²) in [6, 6.07) is 3.83. The molecular formula is C16H17ClN6. The van der Waals surface area contributed by atoms with Gasteiger partial charge in [-0.3, -0.25) is 4.68 Å². The average Bonchev–Trinajstić information content (AvgIpc) is 3.09. The molecular weight excluding hydrogens is 312 g/mol. The second kappa shape index (κ2) is 7.62. The summed E-state index contributed by atoms with van der Waals surface area (Å²) in [6.07, 6.45) is 5.45. The third-order valence-corrected chi connectivity index (χ3v) is 3.82. The van der Waals surface area contributed by atoms with Gasteiger partial charge in [0.2, 0.25) is 0 Å². The molecule has 2 heterocycles. The zero-order chi connectivity index (χ0) is 16.8. The number of aryl methyl sites for hydroxylation is 1. The van der Waals surface area contributed by atoms with E-state index in [0.717, 1.165) is 25.0 Å². The second-order valence-electron chi connectivity index (χ2n) is 5.07. The average molecular weight is 329 g/mol. The van der Waals surface area contributed by atoms with Crippen LogP contribution in [0.25, 0.3) is 11.4 Å². The predicted octanol–water partition coefficient (Wildman–Crippen LogP) is 3.59. The molecule has 0 aliphatic heterocycles. The number of rotatable bonds is 7. The fraction of sp³-hybridized carbons (Fsp3) is 0.375. The summed E-state index contributed by atoms with van der Waals surface area (Å²) in [6.45, 7) is 6.58. The highest BCUT2D eigenvalue weighted by molar-refractivity contribution is 6.32.